The quantitative estimate of drug-likeness (QED) is 0.538. The second kappa shape index (κ2) is 6.60. The molecule has 3 rings (SSSR count). The van der Waals surface area contributed by atoms with Crippen molar-refractivity contribution in [1.82, 2.24) is 0 Å². The van der Waals surface area contributed by atoms with Crippen molar-refractivity contribution in [2.75, 3.05) is 0 Å². The molecule has 4 N–H and O–H groups in total. The second-order valence-corrected chi connectivity index (χ2v) is 5.64. The van der Waals surface area contributed by atoms with E-state index in [0.717, 1.165) is 12.1 Å². The van der Waals surface area contributed by atoms with Gasteiger partial charge in [-0.1, -0.05) is 18.2 Å². The first-order chi connectivity index (χ1) is 12.4. The molecule has 0 spiro atoms. The lowest BCUT2D eigenvalue weighted by atomic mass is 9.96. The van der Waals surface area contributed by atoms with E-state index in [2.05, 4.69) is 0 Å². The van der Waals surface area contributed by atoms with Crippen molar-refractivity contribution in [1.29, 1.82) is 0 Å². The largest absolute Gasteiger partial charge is 0.508 e. The highest BCUT2D eigenvalue weighted by molar-refractivity contribution is 6.14. The number of aromatic hydroxyl groups is 4. The summed E-state index contributed by atoms with van der Waals surface area (Å²) in [5, 5.41) is 38.3. The van der Waals surface area contributed by atoms with Crippen molar-refractivity contribution in [3.05, 3.63) is 82.9 Å². The summed E-state index contributed by atoms with van der Waals surface area (Å²) >= 11 is 0. The van der Waals surface area contributed by atoms with Crippen LogP contribution in [0.4, 0.5) is 0 Å². The number of phenols is 4. The predicted octanol–water partition coefficient (Wildman–Crippen LogP) is 2.97. The van der Waals surface area contributed by atoms with Crippen LogP contribution in [-0.2, 0) is 0 Å². The SMILES string of the molecule is O=C(c1cccc(C(=O)c2ccc(O)cc2O)c1)c1ccc(O)cc1O. The van der Waals surface area contributed by atoms with E-state index in [1.165, 1.54) is 48.5 Å². The lowest BCUT2D eigenvalue weighted by molar-refractivity contribution is 0.103. The summed E-state index contributed by atoms with van der Waals surface area (Å²) in [5.74, 6) is -2.14. The normalized spacial score (nSPS) is 10.5. The smallest absolute Gasteiger partial charge is 0.196 e. The molecule has 0 aliphatic heterocycles. The van der Waals surface area contributed by atoms with Crippen LogP contribution < -0.4 is 0 Å². The zero-order valence-corrected chi connectivity index (χ0v) is 13.4. The average molecular weight is 350 g/mol. The molecule has 0 saturated carbocycles. The van der Waals surface area contributed by atoms with Gasteiger partial charge in [0.25, 0.3) is 0 Å². The van der Waals surface area contributed by atoms with E-state index in [1.807, 2.05) is 0 Å². The molecule has 0 fully saturated rings. The highest BCUT2D eigenvalue weighted by atomic mass is 16.3. The number of phenolic OH excluding ortho intramolecular Hbond substituents is 4. The minimum Gasteiger partial charge on any atom is -0.508 e. The van der Waals surface area contributed by atoms with Crippen LogP contribution in [0.1, 0.15) is 31.8 Å². The minimum absolute atomic E-state index is 0.0140. The van der Waals surface area contributed by atoms with Gasteiger partial charge in [0.2, 0.25) is 0 Å². The molecule has 0 radical (unpaired) electrons. The standard InChI is InChI=1S/C20H14O6/c21-13-4-6-15(17(23)9-13)19(25)11-2-1-3-12(8-11)20(26)16-7-5-14(22)10-18(16)24/h1-10,21-24H. The van der Waals surface area contributed by atoms with Gasteiger partial charge in [-0.2, -0.15) is 0 Å². The van der Waals surface area contributed by atoms with Crippen molar-refractivity contribution < 1.29 is 30.0 Å². The molecule has 3 aromatic carbocycles. The minimum atomic E-state index is -0.521. The Hall–Kier alpha value is -3.80. The first-order valence-electron chi connectivity index (χ1n) is 7.60. The van der Waals surface area contributed by atoms with E-state index >= 15 is 0 Å². The number of rotatable bonds is 4. The van der Waals surface area contributed by atoms with Gasteiger partial charge in [-0.25, -0.2) is 0 Å². The summed E-state index contributed by atoms with van der Waals surface area (Å²) in [7, 11) is 0. The molecule has 130 valence electrons. The van der Waals surface area contributed by atoms with Crippen molar-refractivity contribution in [3.63, 3.8) is 0 Å². The zero-order valence-electron chi connectivity index (χ0n) is 13.4. The highest BCUT2D eigenvalue weighted by Gasteiger charge is 2.18. The molecule has 6 nitrogen and oxygen atoms in total. The van der Waals surface area contributed by atoms with E-state index in [0.29, 0.717) is 0 Å². The maximum atomic E-state index is 12.6. The topological polar surface area (TPSA) is 115 Å². The Balaban J connectivity index is 1.97. The third-order valence-corrected chi connectivity index (χ3v) is 3.84. The molecule has 6 heteroatoms. The summed E-state index contributed by atoms with van der Waals surface area (Å²) in [6.07, 6.45) is 0. The fourth-order valence-corrected chi connectivity index (χ4v) is 2.54. The van der Waals surface area contributed by atoms with Crippen LogP contribution >= 0.6 is 0 Å². The van der Waals surface area contributed by atoms with E-state index < -0.39 is 11.6 Å². The Morgan fingerprint density at radius 2 is 1.00 bits per heavy atom. The van der Waals surface area contributed by atoms with E-state index in [4.69, 9.17) is 0 Å². The Kier molecular flexibility index (Phi) is 4.33. The van der Waals surface area contributed by atoms with Gasteiger partial charge < -0.3 is 20.4 Å². The molecule has 0 unspecified atom stereocenters. The van der Waals surface area contributed by atoms with Crippen LogP contribution in [0.3, 0.4) is 0 Å². The van der Waals surface area contributed by atoms with Gasteiger partial charge in [-0.3, -0.25) is 9.59 Å². The third kappa shape index (κ3) is 3.21. The Morgan fingerprint density at radius 3 is 1.38 bits per heavy atom. The lowest BCUT2D eigenvalue weighted by Gasteiger charge is -2.08. The van der Waals surface area contributed by atoms with Gasteiger partial charge in [-0.15, -0.1) is 0 Å². The van der Waals surface area contributed by atoms with E-state index in [9.17, 15) is 30.0 Å². The molecule has 0 amide bonds. The van der Waals surface area contributed by atoms with Crippen LogP contribution in [0.2, 0.25) is 0 Å². The zero-order chi connectivity index (χ0) is 18.8. The van der Waals surface area contributed by atoms with Gasteiger partial charge in [0, 0.05) is 23.3 Å². The molecule has 3 aromatic rings. The fraction of sp³-hybridized carbons (Fsp3) is 0. The van der Waals surface area contributed by atoms with Crippen molar-refractivity contribution in [2.24, 2.45) is 0 Å². The molecular formula is C20H14O6. The Morgan fingerprint density at radius 1 is 0.577 bits per heavy atom. The molecule has 0 atom stereocenters. The number of carbonyl (C=O) groups is 2. The van der Waals surface area contributed by atoms with Gasteiger partial charge >= 0.3 is 0 Å². The van der Waals surface area contributed by atoms with Crippen LogP contribution in [0.25, 0.3) is 0 Å². The van der Waals surface area contributed by atoms with Crippen LogP contribution in [0.5, 0.6) is 23.0 Å². The van der Waals surface area contributed by atoms with Crippen LogP contribution in [-0.4, -0.2) is 32.0 Å². The molecule has 0 aliphatic rings. The fourth-order valence-electron chi connectivity index (χ4n) is 2.54. The molecule has 26 heavy (non-hydrogen) atoms. The monoisotopic (exact) mass is 350 g/mol. The molecule has 0 saturated heterocycles. The number of hydrogen-bond acceptors (Lipinski definition) is 6. The van der Waals surface area contributed by atoms with Crippen molar-refractivity contribution in [3.8, 4) is 23.0 Å². The van der Waals surface area contributed by atoms with Crippen molar-refractivity contribution in [2.45, 2.75) is 0 Å². The molecular weight excluding hydrogens is 336 g/mol. The maximum absolute atomic E-state index is 12.6. The third-order valence-electron chi connectivity index (χ3n) is 3.84. The Bertz CT molecular complexity index is 944. The maximum Gasteiger partial charge on any atom is 0.196 e. The number of carbonyl (C=O) groups excluding carboxylic acids is 2. The lowest BCUT2D eigenvalue weighted by Crippen LogP contribution is -2.06. The molecule has 0 heterocycles. The first-order valence-corrected chi connectivity index (χ1v) is 7.60. The number of benzene rings is 3. The predicted molar refractivity (Wildman–Crippen MR) is 92.9 cm³/mol. The Labute approximate surface area is 148 Å². The highest BCUT2D eigenvalue weighted by Crippen LogP contribution is 2.27. The number of ketones is 2. The van der Waals surface area contributed by atoms with Gasteiger partial charge in [0.15, 0.2) is 11.6 Å². The average Bonchev–Trinajstić information content (AvgIpc) is 2.61. The summed E-state index contributed by atoms with van der Waals surface area (Å²) in [6, 6.07) is 13.1. The van der Waals surface area contributed by atoms with Gasteiger partial charge in [-0.05, 0) is 30.3 Å². The summed E-state index contributed by atoms with van der Waals surface area (Å²) < 4.78 is 0. The summed E-state index contributed by atoms with van der Waals surface area (Å²) in [5.41, 5.74) is 0.296. The summed E-state index contributed by atoms with van der Waals surface area (Å²) in [6.45, 7) is 0. The molecule has 0 aliphatic carbocycles. The van der Waals surface area contributed by atoms with Crippen LogP contribution in [0.15, 0.2) is 60.7 Å². The number of hydrogen-bond donors (Lipinski definition) is 4. The second-order valence-electron chi connectivity index (χ2n) is 5.64. The van der Waals surface area contributed by atoms with Crippen LogP contribution in [0, 0.1) is 0 Å². The first kappa shape index (κ1) is 17.0. The van der Waals surface area contributed by atoms with Crippen molar-refractivity contribution >= 4 is 11.6 Å². The molecule has 0 aromatic heterocycles. The van der Waals surface area contributed by atoms with E-state index in [1.54, 1.807) is 0 Å². The molecule has 0 bridgehead atoms. The van der Waals surface area contributed by atoms with E-state index in [-0.39, 0.29) is 45.3 Å². The van der Waals surface area contributed by atoms with Gasteiger partial charge in [0.1, 0.15) is 23.0 Å². The van der Waals surface area contributed by atoms with Gasteiger partial charge in [0.05, 0.1) is 11.1 Å². The summed E-state index contributed by atoms with van der Waals surface area (Å²) in [4.78, 5) is 25.1.